The van der Waals surface area contributed by atoms with Gasteiger partial charge in [0.25, 0.3) is 17.7 Å². The Labute approximate surface area is 183 Å². The van der Waals surface area contributed by atoms with Crippen LogP contribution in [-0.4, -0.2) is 49.4 Å². The number of hydrogen-bond donors (Lipinski definition) is 4. The first-order valence-corrected chi connectivity index (χ1v) is 9.57. The third-order valence-electron chi connectivity index (χ3n) is 4.60. The second-order valence-electron chi connectivity index (χ2n) is 7.18. The third-order valence-corrected chi connectivity index (χ3v) is 4.60. The number of rotatable bonds is 6. The SMILES string of the molecule is CNC(=O)c1cc(NC(=O)c2cc(NC(=O)c3nc(NC(C)=O)cn3C)cn2C)cn1C. The van der Waals surface area contributed by atoms with E-state index in [1.54, 1.807) is 48.7 Å². The topological polar surface area (TPSA) is 144 Å². The number of nitrogens with zero attached hydrogens (tertiary/aromatic N) is 4. The smallest absolute Gasteiger partial charge is 0.291 e. The minimum absolute atomic E-state index is 0.0922. The van der Waals surface area contributed by atoms with Crippen LogP contribution in [0, 0.1) is 0 Å². The van der Waals surface area contributed by atoms with E-state index in [0.717, 1.165) is 0 Å². The van der Waals surface area contributed by atoms with Crippen molar-refractivity contribution < 1.29 is 19.2 Å². The van der Waals surface area contributed by atoms with Crippen molar-refractivity contribution in [2.24, 2.45) is 21.1 Å². The van der Waals surface area contributed by atoms with E-state index < -0.39 is 11.8 Å². The molecule has 0 unspecified atom stereocenters. The number of aryl methyl sites for hydroxylation is 3. The molecule has 12 heteroatoms. The second-order valence-corrected chi connectivity index (χ2v) is 7.18. The number of hydrogen-bond acceptors (Lipinski definition) is 5. The van der Waals surface area contributed by atoms with Crippen molar-refractivity contribution in [1.82, 2.24) is 24.0 Å². The molecule has 0 atom stereocenters. The van der Waals surface area contributed by atoms with E-state index in [0.29, 0.717) is 22.8 Å². The minimum Gasteiger partial charge on any atom is -0.354 e. The summed E-state index contributed by atoms with van der Waals surface area (Å²) in [6.07, 6.45) is 4.74. The summed E-state index contributed by atoms with van der Waals surface area (Å²) in [6.45, 7) is 1.35. The van der Waals surface area contributed by atoms with Gasteiger partial charge in [-0.25, -0.2) is 4.98 Å². The summed E-state index contributed by atoms with van der Waals surface area (Å²) in [7, 11) is 6.52. The lowest BCUT2D eigenvalue weighted by Gasteiger charge is -2.03. The van der Waals surface area contributed by atoms with E-state index >= 15 is 0 Å². The maximum absolute atomic E-state index is 12.7. The number of anilines is 3. The fourth-order valence-electron chi connectivity index (χ4n) is 3.15. The summed E-state index contributed by atoms with van der Waals surface area (Å²) in [5.41, 5.74) is 1.55. The Hall–Kier alpha value is -4.35. The molecule has 12 nitrogen and oxygen atoms in total. The molecule has 0 radical (unpaired) electrons. The quantitative estimate of drug-likeness (QED) is 0.451. The zero-order valence-electron chi connectivity index (χ0n) is 18.3. The number of amides is 4. The van der Waals surface area contributed by atoms with Gasteiger partial charge in [0, 0.05) is 53.7 Å². The van der Waals surface area contributed by atoms with Gasteiger partial charge in [-0.15, -0.1) is 0 Å². The van der Waals surface area contributed by atoms with Gasteiger partial charge in [0.15, 0.2) is 5.82 Å². The average Bonchev–Trinajstić information content (AvgIpc) is 3.37. The predicted octanol–water partition coefficient (Wildman–Crippen LogP) is 0.920. The normalized spacial score (nSPS) is 10.5. The predicted molar refractivity (Wildman–Crippen MR) is 118 cm³/mol. The molecule has 0 fully saturated rings. The maximum Gasteiger partial charge on any atom is 0.291 e. The van der Waals surface area contributed by atoms with Gasteiger partial charge in [-0.05, 0) is 12.1 Å². The van der Waals surface area contributed by atoms with Crippen LogP contribution in [0.25, 0.3) is 0 Å². The largest absolute Gasteiger partial charge is 0.354 e. The molecule has 3 aromatic rings. The lowest BCUT2D eigenvalue weighted by atomic mass is 10.3. The lowest BCUT2D eigenvalue weighted by molar-refractivity contribution is -0.114. The molecular weight excluding hydrogens is 416 g/mol. The van der Waals surface area contributed by atoms with E-state index in [1.165, 1.54) is 30.8 Å². The molecule has 3 rings (SSSR count). The Morgan fingerprint density at radius 3 is 1.81 bits per heavy atom. The molecule has 0 aromatic carbocycles. The first kappa shape index (κ1) is 22.3. The van der Waals surface area contributed by atoms with Gasteiger partial charge in [-0.2, -0.15) is 0 Å². The molecular formula is C20H24N8O4. The van der Waals surface area contributed by atoms with Gasteiger partial charge < -0.3 is 35.0 Å². The van der Waals surface area contributed by atoms with Crippen LogP contribution in [0.3, 0.4) is 0 Å². The number of imidazole rings is 1. The van der Waals surface area contributed by atoms with Crippen LogP contribution < -0.4 is 21.3 Å². The molecule has 3 heterocycles. The van der Waals surface area contributed by atoms with Crippen LogP contribution in [-0.2, 0) is 25.9 Å². The summed E-state index contributed by atoms with van der Waals surface area (Å²) in [5, 5.41) is 10.5. The zero-order chi connectivity index (χ0) is 23.6. The minimum atomic E-state index is -0.500. The standard InChI is InChI=1S/C20H24N8O4/c1-11(29)22-16-10-28(5)17(25-16)20(32)24-13-7-15(27(4)9-13)19(31)23-12-6-14(18(30)21-2)26(3)8-12/h6-10H,1-5H3,(H,21,30)(H,22,29)(H,23,31)(H,24,32). The second kappa shape index (κ2) is 8.79. The molecule has 0 bridgehead atoms. The molecule has 4 amide bonds. The molecule has 32 heavy (non-hydrogen) atoms. The van der Waals surface area contributed by atoms with Crippen molar-refractivity contribution in [3.63, 3.8) is 0 Å². The van der Waals surface area contributed by atoms with Gasteiger partial charge in [-0.1, -0.05) is 0 Å². The van der Waals surface area contributed by atoms with Gasteiger partial charge in [0.05, 0.1) is 11.4 Å². The highest BCUT2D eigenvalue weighted by Gasteiger charge is 2.19. The van der Waals surface area contributed by atoms with E-state index in [2.05, 4.69) is 26.3 Å². The van der Waals surface area contributed by atoms with Gasteiger partial charge in [0.1, 0.15) is 11.4 Å². The van der Waals surface area contributed by atoms with E-state index in [-0.39, 0.29) is 23.5 Å². The van der Waals surface area contributed by atoms with Crippen molar-refractivity contribution >= 4 is 40.8 Å². The van der Waals surface area contributed by atoms with Crippen LogP contribution in [0.2, 0.25) is 0 Å². The third kappa shape index (κ3) is 4.69. The molecule has 0 saturated heterocycles. The molecule has 0 aliphatic heterocycles. The van der Waals surface area contributed by atoms with Crippen LogP contribution in [0.4, 0.5) is 17.2 Å². The highest BCUT2D eigenvalue weighted by molar-refractivity contribution is 6.07. The summed E-state index contributed by atoms with van der Waals surface area (Å²) in [6, 6.07) is 3.09. The summed E-state index contributed by atoms with van der Waals surface area (Å²) in [5.74, 6) is -1.12. The molecule has 0 saturated carbocycles. The number of aromatic nitrogens is 4. The maximum atomic E-state index is 12.7. The van der Waals surface area contributed by atoms with Crippen LogP contribution >= 0.6 is 0 Å². The van der Waals surface area contributed by atoms with Crippen molar-refractivity contribution in [3.8, 4) is 0 Å². The van der Waals surface area contributed by atoms with E-state index in [4.69, 9.17) is 0 Å². The summed E-state index contributed by atoms with van der Waals surface area (Å²) in [4.78, 5) is 52.4. The number of carbonyl (C=O) groups excluding carboxylic acids is 4. The van der Waals surface area contributed by atoms with Crippen LogP contribution in [0.15, 0.2) is 30.7 Å². The Bertz CT molecular complexity index is 1220. The van der Waals surface area contributed by atoms with Crippen molar-refractivity contribution in [2.45, 2.75) is 6.92 Å². The molecule has 168 valence electrons. The molecule has 3 aromatic heterocycles. The summed E-state index contributed by atoms with van der Waals surface area (Å²) >= 11 is 0. The first-order valence-electron chi connectivity index (χ1n) is 9.57. The Morgan fingerprint density at radius 1 is 0.750 bits per heavy atom. The molecule has 0 aliphatic rings. The van der Waals surface area contributed by atoms with Crippen molar-refractivity contribution in [3.05, 3.63) is 47.9 Å². The van der Waals surface area contributed by atoms with Crippen molar-refractivity contribution in [1.29, 1.82) is 0 Å². The fraction of sp³-hybridized carbons (Fsp3) is 0.250. The molecule has 0 spiro atoms. The van der Waals surface area contributed by atoms with Crippen molar-refractivity contribution in [2.75, 3.05) is 23.0 Å². The number of nitrogens with one attached hydrogen (secondary N) is 4. The van der Waals surface area contributed by atoms with E-state index in [9.17, 15) is 19.2 Å². The molecule has 4 N–H and O–H groups in total. The monoisotopic (exact) mass is 440 g/mol. The highest BCUT2D eigenvalue weighted by atomic mass is 16.2. The first-order chi connectivity index (χ1) is 15.1. The van der Waals surface area contributed by atoms with Gasteiger partial charge in [0.2, 0.25) is 11.7 Å². The fourth-order valence-corrected chi connectivity index (χ4v) is 3.15. The summed E-state index contributed by atoms with van der Waals surface area (Å²) < 4.78 is 4.65. The van der Waals surface area contributed by atoms with Gasteiger partial charge in [-0.3, -0.25) is 19.2 Å². The van der Waals surface area contributed by atoms with Gasteiger partial charge >= 0.3 is 0 Å². The van der Waals surface area contributed by atoms with E-state index in [1.807, 2.05) is 0 Å². The highest BCUT2D eigenvalue weighted by Crippen LogP contribution is 2.18. The van der Waals surface area contributed by atoms with Crippen LogP contribution in [0.1, 0.15) is 38.5 Å². The Kier molecular flexibility index (Phi) is 6.14. The average molecular weight is 440 g/mol. The number of carbonyl (C=O) groups is 4. The Morgan fingerprint density at radius 2 is 1.28 bits per heavy atom. The zero-order valence-corrected chi connectivity index (χ0v) is 18.3. The van der Waals surface area contributed by atoms with Crippen LogP contribution in [0.5, 0.6) is 0 Å². The lowest BCUT2D eigenvalue weighted by Crippen LogP contribution is -2.20. The Balaban J connectivity index is 1.73. The molecule has 0 aliphatic carbocycles.